The predicted molar refractivity (Wildman–Crippen MR) is 129 cm³/mol. The molecule has 5 atom stereocenters. The molecule has 3 aromatic rings. The number of amides is 1. The van der Waals surface area contributed by atoms with Crippen LogP contribution in [0.1, 0.15) is 44.7 Å². The van der Waals surface area contributed by atoms with Crippen LogP contribution in [0.5, 0.6) is 0 Å². The Morgan fingerprint density at radius 3 is 2.80 bits per heavy atom. The van der Waals surface area contributed by atoms with Gasteiger partial charge in [-0.15, -0.1) is 0 Å². The zero-order valence-corrected chi connectivity index (χ0v) is 19.9. The van der Waals surface area contributed by atoms with Crippen LogP contribution in [0, 0.1) is 36.5 Å². The van der Waals surface area contributed by atoms with E-state index in [4.69, 9.17) is 16.3 Å². The van der Waals surface area contributed by atoms with Crippen molar-refractivity contribution < 1.29 is 13.9 Å². The fourth-order valence-electron chi connectivity index (χ4n) is 5.18. The van der Waals surface area contributed by atoms with Crippen molar-refractivity contribution in [1.82, 2.24) is 19.9 Å². The lowest BCUT2D eigenvalue weighted by Gasteiger charge is -2.19. The number of nitrogens with one attached hydrogen (secondary N) is 1. The number of pyridine rings is 1. The largest absolute Gasteiger partial charge is 0.381 e. The molecule has 2 aromatic heterocycles. The van der Waals surface area contributed by atoms with E-state index < -0.39 is 12.2 Å². The van der Waals surface area contributed by atoms with Crippen molar-refractivity contribution in [3.63, 3.8) is 0 Å². The first-order valence-corrected chi connectivity index (χ1v) is 12.2. The highest BCUT2D eigenvalue weighted by Gasteiger charge is 2.53. The lowest BCUT2D eigenvalue weighted by molar-refractivity contribution is 0.0937. The Morgan fingerprint density at radius 2 is 2.03 bits per heavy atom. The van der Waals surface area contributed by atoms with E-state index >= 15 is 0 Å². The van der Waals surface area contributed by atoms with E-state index in [0.29, 0.717) is 34.2 Å². The Hall–Kier alpha value is -3.21. The van der Waals surface area contributed by atoms with Gasteiger partial charge in [-0.2, -0.15) is 0 Å². The van der Waals surface area contributed by atoms with Gasteiger partial charge in [0.15, 0.2) is 0 Å². The Labute approximate surface area is 207 Å². The third-order valence-electron chi connectivity index (χ3n) is 7.06. The molecule has 2 fully saturated rings. The van der Waals surface area contributed by atoms with E-state index in [1.807, 2.05) is 29.7 Å². The monoisotopic (exact) mass is 490 g/mol. The van der Waals surface area contributed by atoms with Gasteiger partial charge < -0.3 is 14.6 Å². The molecular weight excluding hydrogens is 467 g/mol. The summed E-state index contributed by atoms with van der Waals surface area (Å²) in [6.07, 6.45) is 0.952. The van der Waals surface area contributed by atoms with Crippen molar-refractivity contribution in [3.8, 4) is 11.8 Å². The van der Waals surface area contributed by atoms with Gasteiger partial charge in [-0.1, -0.05) is 35.6 Å². The van der Waals surface area contributed by atoms with Gasteiger partial charge in [0.25, 0.3) is 5.91 Å². The average Bonchev–Trinajstić information content (AvgIpc) is 3.21. The Kier molecular flexibility index (Phi) is 5.58. The predicted octanol–water partition coefficient (Wildman–Crippen LogP) is 3.90. The number of rotatable bonds is 4. The number of ether oxygens (including phenoxy) is 1. The number of halogens is 2. The van der Waals surface area contributed by atoms with Gasteiger partial charge in [0.05, 0.1) is 37.8 Å². The molecule has 6 nitrogen and oxygen atoms in total. The Balaban J connectivity index is 1.28. The van der Waals surface area contributed by atoms with Crippen molar-refractivity contribution in [2.75, 3.05) is 13.2 Å². The average molecular weight is 491 g/mol. The van der Waals surface area contributed by atoms with Gasteiger partial charge in [-0.25, -0.2) is 14.4 Å². The first kappa shape index (κ1) is 22.3. The molecule has 1 N–H and O–H groups in total. The number of imidazole rings is 1. The van der Waals surface area contributed by atoms with E-state index in [1.54, 1.807) is 24.5 Å². The fraction of sp³-hybridized carbons (Fsp3) is 0.370. The molecule has 178 valence electrons. The Morgan fingerprint density at radius 1 is 1.26 bits per heavy atom. The molecule has 2 aliphatic heterocycles. The number of aromatic nitrogens is 3. The zero-order valence-electron chi connectivity index (χ0n) is 19.2. The summed E-state index contributed by atoms with van der Waals surface area (Å²) < 4.78 is 21.3. The molecule has 1 saturated carbocycles. The number of carbonyl (C=O) groups excluding carboxylic acids is 1. The number of aryl methyl sites for hydroxylation is 1. The smallest absolute Gasteiger partial charge is 0.270 e. The lowest BCUT2D eigenvalue weighted by Crippen LogP contribution is -2.31. The van der Waals surface area contributed by atoms with Crippen LogP contribution in [0.15, 0.2) is 42.7 Å². The molecule has 1 amide bonds. The summed E-state index contributed by atoms with van der Waals surface area (Å²) in [7, 11) is 0. The second-order valence-corrected chi connectivity index (χ2v) is 9.97. The van der Waals surface area contributed by atoms with Gasteiger partial charge in [-0.3, -0.25) is 4.79 Å². The highest BCUT2D eigenvalue weighted by atomic mass is 35.5. The maximum Gasteiger partial charge on any atom is 0.270 e. The number of nitrogens with zero attached hydrogens (tertiary/aromatic N) is 3. The highest BCUT2D eigenvalue weighted by molar-refractivity contribution is 6.30. The first-order chi connectivity index (χ1) is 17.0. The van der Waals surface area contributed by atoms with Crippen LogP contribution < -0.4 is 5.32 Å². The minimum atomic E-state index is -0.953. The second kappa shape index (κ2) is 8.78. The van der Waals surface area contributed by atoms with Gasteiger partial charge in [-0.05, 0) is 36.8 Å². The summed E-state index contributed by atoms with van der Waals surface area (Å²) in [5, 5.41) is 3.66. The summed E-state index contributed by atoms with van der Waals surface area (Å²) >= 11 is 6.09. The molecule has 3 aliphatic rings. The van der Waals surface area contributed by atoms with Crippen LogP contribution in [-0.4, -0.2) is 39.8 Å². The van der Waals surface area contributed by atoms with Crippen LogP contribution >= 0.6 is 11.6 Å². The normalized spacial score (nSPS) is 24.8. The summed E-state index contributed by atoms with van der Waals surface area (Å²) in [5.74, 6) is 7.71. The van der Waals surface area contributed by atoms with Crippen molar-refractivity contribution >= 4 is 17.5 Å². The van der Waals surface area contributed by atoms with Crippen molar-refractivity contribution in [1.29, 1.82) is 0 Å². The molecule has 1 aromatic carbocycles. The SMILES string of the molecule is Cc1cc(C#CC2[C@H]3COC[C@@H]23)cc(C(=O)N[C@H](c2ccc(Cl)cc2)c2ncn3c2C[C@@H](F)C3)n1. The topological polar surface area (TPSA) is 69.0 Å². The van der Waals surface area contributed by atoms with Gasteiger partial charge >= 0.3 is 0 Å². The molecule has 35 heavy (non-hydrogen) atoms. The van der Waals surface area contributed by atoms with Gasteiger partial charge in [0.1, 0.15) is 11.9 Å². The third kappa shape index (κ3) is 4.33. The number of hydrogen-bond acceptors (Lipinski definition) is 4. The summed E-state index contributed by atoms with van der Waals surface area (Å²) in [4.78, 5) is 22.4. The number of carbonyl (C=O) groups is 1. The minimum absolute atomic E-state index is 0.270. The number of alkyl halides is 1. The zero-order chi connectivity index (χ0) is 24.1. The van der Waals surface area contributed by atoms with Crippen LogP contribution in [0.25, 0.3) is 0 Å². The molecule has 1 unspecified atom stereocenters. The molecule has 6 rings (SSSR count). The quantitative estimate of drug-likeness (QED) is 0.563. The number of hydrogen-bond donors (Lipinski definition) is 1. The van der Waals surface area contributed by atoms with Gasteiger partial charge in [0.2, 0.25) is 0 Å². The molecular formula is C27H24ClFN4O2. The molecule has 0 bridgehead atoms. The number of fused-ring (bicyclic) bond motifs is 2. The maximum absolute atomic E-state index is 14.1. The van der Waals surface area contributed by atoms with Gasteiger partial charge in [0, 0.05) is 46.1 Å². The summed E-state index contributed by atoms with van der Waals surface area (Å²) in [6, 6.07) is 10.3. The van der Waals surface area contributed by atoms with Crippen LogP contribution in [0.4, 0.5) is 4.39 Å². The van der Waals surface area contributed by atoms with Crippen molar-refractivity contribution in [2.24, 2.45) is 17.8 Å². The standard InChI is InChI=1S/C27H24ClFN4O2/c1-15-8-16(2-7-20-21-12-35-13-22(20)21)9-23(31-15)27(34)32-25(17-3-5-18(28)6-4-17)26-24-10-19(29)11-33(24)14-30-26/h3-6,8-9,14,19-22,25H,10-13H2,1H3,(H,32,34)/t19-,20?,21-,22+,25-/m1/s1. The molecule has 4 heterocycles. The first-order valence-electron chi connectivity index (χ1n) is 11.8. The molecule has 0 spiro atoms. The van der Waals surface area contributed by atoms with E-state index in [0.717, 1.165) is 30.0 Å². The molecule has 8 heteroatoms. The van der Waals surface area contributed by atoms with Crippen LogP contribution in [0.2, 0.25) is 5.02 Å². The molecule has 0 radical (unpaired) electrons. The highest BCUT2D eigenvalue weighted by Crippen LogP contribution is 2.50. The van der Waals surface area contributed by atoms with E-state index in [9.17, 15) is 9.18 Å². The maximum atomic E-state index is 14.1. The van der Waals surface area contributed by atoms with Crippen LogP contribution in [0.3, 0.4) is 0 Å². The van der Waals surface area contributed by atoms with E-state index in [-0.39, 0.29) is 24.6 Å². The molecule has 1 aliphatic carbocycles. The molecule has 1 saturated heterocycles. The van der Waals surface area contributed by atoms with Crippen LogP contribution in [-0.2, 0) is 17.7 Å². The Bertz CT molecular complexity index is 1350. The summed E-state index contributed by atoms with van der Waals surface area (Å²) in [6.45, 7) is 3.71. The van der Waals surface area contributed by atoms with E-state index in [2.05, 4.69) is 27.1 Å². The minimum Gasteiger partial charge on any atom is -0.381 e. The van der Waals surface area contributed by atoms with E-state index in [1.165, 1.54) is 0 Å². The van der Waals surface area contributed by atoms with Crippen molar-refractivity contribution in [3.05, 3.63) is 81.7 Å². The fourth-order valence-corrected chi connectivity index (χ4v) is 5.30. The lowest BCUT2D eigenvalue weighted by atomic mass is 10.0. The second-order valence-electron chi connectivity index (χ2n) is 9.53. The summed E-state index contributed by atoms with van der Waals surface area (Å²) in [5.41, 5.74) is 4.00. The number of benzene rings is 1. The van der Waals surface area contributed by atoms with Crippen molar-refractivity contribution in [2.45, 2.75) is 32.1 Å². The third-order valence-corrected chi connectivity index (χ3v) is 7.31.